The molecule has 2 aromatic heterocycles. The normalized spacial score (nSPS) is 17.7. The molecule has 0 spiro atoms. The number of fused-ring (bicyclic) bond motifs is 1. The molecule has 0 unspecified atom stereocenters. The molecule has 8 heteroatoms. The van der Waals surface area contributed by atoms with Gasteiger partial charge in [-0.1, -0.05) is 43.1 Å². The zero-order chi connectivity index (χ0) is 21.4. The van der Waals surface area contributed by atoms with E-state index in [1.54, 1.807) is 7.05 Å². The molecule has 0 aliphatic carbocycles. The van der Waals surface area contributed by atoms with Crippen molar-refractivity contribution in [3.05, 3.63) is 61.5 Å². The van der Waals surface area contributed by atoms with E-state index in [1.165, 1.54) is 30.9 Å². The molecular formula is C22H28ClN5O2. The van der Waals surface area contributed by atoms with Gasteiger partial charge in [-0.25, -0.2) is 9.78 Å². The van der Waals surface area contributed by atoms with Gasteiger partial charge in [0.15, 0.2) is 11.2 Å². The number of piperidine rings is 1. The average molecular weight is 430 g/mol. The third-order valence-corrected chi connectivity index (χ3v) is 6.65. The van der Waals surface area contributed by atoms with E-state index in [-0.39, 0.29) is 11.2 Å². The molecule has 1 aliphatic rings. The summed E-state index contributed by atoms with van der Waals surface area (Å²) in [6.45, 7) is 4.32. The highest BCUT2D eigenvalue weighted by Crippen LogP contribution is 2.24. The van der Waals surface area contributed by atoms with Crippen LogP contribution in [0.4, 0.5) is 0 Å². The molecule has 0 radical (unpaired) electrons. The minimum absolute atomic E-state index is 0.329. The lowest BCUT2D eigenvalue weighted by atomic mass is 10.00. The number of imidazole rings is 1. The summed E-state index contributed by atoms with van der Waals surface area (Å²) in [5.74, 6) is 0.795. The van der Waals surface area contributed by atoms with Crippen molar-refractivity contribution >= 4 is 22.8 Å². The third kappa shape index (κ3) is 3.61. The molecule has 160 valence electrons. The van der Waals surface area contributed by atoms with Crippen molar-refractivity contribution < 1.29 is 0 Å². The molecule has 3 heterocycles. The van der Waals surface area contributed by atoms with E-state index in [1.807, 2.05) is 28.8 Å². The minimum atomic E-state index is -0.370. The van der Waals surface area contributed by atoms with Crippen LogP contribution in [0.5, 0.6) is 0 Å². The molecule has 0 bridgehead atoms. The highest BCUT2D eigenvalue weighted by atomic mass is 35.5. The first-order valence-electron chi connectivity index (χ1n) is 10.5. The summed E-state index contributed by atoms with van der Waals surface area (Å²) in [6.07, 6.45) is 4.69. The number of likely N-dealkylation sites (tertiary alicyclic amines) is 1. The lowest BCUT2D eigenvalue weighted by Crippen LogP contribution is -2.39. The van der Waals surface area contributed by atoms with Crippen molar-refractivity contribution in [3.63, 3.8) is 0 Å². The lowest BCUT2D eigenvalue weighted by molar-refractivity contribution is 0.131. The Morgan fingerprint density at radius 1 is 1.10 bits per heavy atom. The fourth-order valence-corrected chi connectivity index (χ4v) is 4.69. The van der Waals surface area contributed by atoms with Gasteiger partial charge in [-0.2, -0.15) is 0 Å². The van der Waals surface area contributed by atoms with Crippen LogP contribution >= 0.6 is 11.6 Å². The van der Waals surface area contributed by atoms with Crippen LogP contribution in [0.3, 0.4) is 0 Å². The fraction of sp³-hybridized carbons (Fsp3) is 0.500. The van der Waals surface area contributed by atoms with Crippen LogP contribution in [0, 0.1) is 0 Å². The van der Waals surface area contributed by atoms with Gasteiger partial charge in [0, 0.05) is 25.2 Å². The van der Waals surface area contributed by atoms with Gasteiger partial charge < -0.3 is 4.57 Å². The molecule has 4 rings (SSSR count). The van der Waals surface area contributed by atoms with Gasteiger partial charge in [0.25, 0.3) is 5.56 Å². The van der Waals surface area contributed by atoms with E-state index in [2.05, 4.69) is 11.8 Å². The molecule has 30 heavy (non-hydrogen) atoms. The van der Waals surface area contributed by atoms with Crippen molar-refractivity contribution in [2.45, 2.75) is 51.7 Å². The minimum Gasteiger partial charge on any atom is -0.316 e. The third-order valence-electron chi connectivity index (χ3n) is 6.28. The fourth-order valence-electron chi connectivity index (χ4n) is 4.49. The predicted octanol–water partition coefficient (Wildman–Crippen LogP) is 2.90. The molecule has 1 saturated heterocycles. The van der Waals surface area contributed by atoms with Gasteiger partial charge >= 0.3 is 5.69 Å². The summed E-state index contributed by atoms with van der Waals surface area (Å²) >= 11 is 6.43. The van der Waals surface area contributed by atoms with Gasteiger partial charge in [0.2, 0.25) is 0 Å². The second-order valence-electron chi connectivity index (χ2n) is 8.11. The maximum Gasteiger partial charge on any atom is 0.332 e. The Morgan fingerprint density at radius 2 is 1.87 bits per heavy atom. The van der Waals surface area contributed by atoms with Crippen molar-refractivity contribution in [1.82, 2.24) is 23.6 Å². The van der Waals surface area contributed by atoms with E-state index in [9.17, 15) is 9.59 Å². The number of rotatable bonds is 5. The Balaban J connectivity index is 1.89. The second kappa shape index (κ2) is 8.40. The van der Waals surface area contributed by atoms with E-state index >= 15 is 0 Å². The molecule has 0 N–H and O–H groups in total. The summed E-state index contributed by atoms with van der Waals surface area (Å²) in [7, 11) is 3.17. The number of nitrogens with zero attached hydrogens (tertiary/aromatic N) is 5. The van der Waals surface area contributed by atoms with E-state index < -0.39 is 0 Å². The quantitative estimate of drug-likeness (QED) is 0.625. The Kier molecular flexibility index (Phi) is 5.84. The summed E-state index contributed by atoms with van der Waals surface area (Å²) in [6, 6.07) is 8.15. The van der Waals surface area contributed by atoms with E-state index in [0.29, 0.717) is 35.3 Å². The zero-order valence-corrected chi connectivity index (χ0v) is 18.5. The maximum atomic E-state index is 13.1. The van der Waals surface area contributed by atoms with E-state index in [0.717, 1.165) is 28.9 Å². The van der Waals surface area contributed by atoms with Crippen LogP contribution in [0.15, 0.2) is 33.9 Å². The smallest absolute Gasteiger partial charge is 0.316 e. The highest BCUT2D eigenvalue weighted by molar-refractivity contribution is 6.31. The largest absolute Gasteiger partial charge is 0.332 e. The van der Waals surface area contributed by atoms with Crippen molar-refractivity contribution in [1.29, 1.82) is 0 Å². The summed E-state index contributed by atoms with van der Waals surface area (Å²) in [5, 5.41) is 0.649. The monoisotopic (exact) mass is 429 g/mol. The summed E-state index contributed by atoms with van der Waals surface area (Å²) < 4.78 is 4.54. The van der Waals surface area contributed by atoms with Crippen molar-refractivity contribution in [3.8, 4) is 0 Å². The lowest BCUT2D eigenvalue weighted by Gasteiger charge is -2.34. The zero-order valence-electron chi connectivity index (χ0n) is 17.8. The summed E-state index contributed by atoms with van der Waals surface area (Å²) in [4.78, 5) is 32.8. The first-order chi connectivity index (χ1) is 14.4. The summed E-state index contributed by atoms with van der Waals surface area (Å²) in [5.41, 5.74) is 1.09. The highest BCUT2D eigenvalue weighted by Gasteiger charge is 2.25. The molecule has 7 nitrogen and oxygen atoms in total. The molecule has 1 aliphatic heterocycles. The van der Waals surface area contributed by atoms with Gasteiger partial charge in [0.05, 0.1) is 13.1 Å². The molecule has 0 amide bonds. The number of halogens is 1. The predicted molar refractivity (Wildman–Crippen MR) is 119 cm³/mol. The molecular weight excluding hydrogens is 402 g/mol. The number of benzene rings is 1. The number of hydrogen-bond donors (Lipinski definition) is 0. The molecule has 3 aromatic rings. The first-order valence-corrected chi connectivity index (χ1v) is 10.9. The van der Waals surface area contributed by atoms with Crippen LogP contribution in [0.2, 0.25) is 5.02 Å². The number of aryl methyl sites for hydroxylation is 1. The molecule has 1 atom stereocenters. The number of aromatic nitrogens is 4. The van der Waals surface area contributed by atoms with Crippen LogP contribution < -0.4 is 11.2 Å². The van der Waals surface area contributed by atoms with Crippen molar-refractivity contribution in [2.75, 3.05) is 6.54 Å². The van der Waals surface area contributed by atoms with Crippen LogP contribution in [0.25, 0.3) is 11.2 Å². The Labute approximate surface area is 180 Å². The maximum absolute atomic E-state index is 13.1. The topological polar surface area (TPSA) is 65.1 Å². The van der Waals surface area contributed by atoms with E-state index in [4.69, 9.17) is 16.6 Å². The van der Waals surface area contributed by atoms with Crippen molar-refractivity contribution in [2.24, 2.45) is 14.1 Å². The van der Waals surface area contributed by atoms with Crippen LogP contribution in [-0.4, -0.2) is 36.2 Å². The van der Waals surface area contributed by atoms with Crippen LogP contribution in [0.1, 0.15) is 44.0 Å². The second-order valence-corrected chi connectivity index (χ2v) is 8.52. The van der Waals surface area contributed by atoms with Gasteiger partial charge in [0.1, 0.15) is 5.82 Å². The molecule has 1 fully saturated rings. The Morgan fingerprint density at radius 3 is 2.60 bits per heavy atom. The Hall–Kier alpha value is -2.38. The SMILES string of the molecule is CC[C@H]1CCCCN1Cc1nc2c(c(=O)n(C)c(=O)n2C)n1Cc1ccccc1Cl. The molecule has 1 aromatic carbocycles. The van der Waals surface area contributed by atoms with Gasteiger partial charge in [-0.15, -0.1) is 0 Å². The standard InChI is InChI=1S/C22H28ClN5O2/c1-4-16-10-7-8-12-27(16)14-18-24-20-19(21(29)26(3)22(30)25(20)2)28(18)13-15-9-5-6-11-17(15)23/h5-6,9,11,16H,4,7-8,10,12-14H2,1-3H3/t16-/m0/s1. The van der Waals surface area contributed by atoms with Gasteiger partial charge in [-0.05, 0) is 37.4 Å². The average Bonchev–Trinajstić information content (AvgIpc) is 3.10. The Bertz CT molecular complexity index is 1190. The first kappa shape index (κ1) is 20.9. The molecule has 0 saturated carbocycles. The van der Waals surface area contributed by atoms with Gasteiger partial charge in [-0.3, -0.25) is 18.8 Å². The van der Waals surface area contributed by atoms with Crippen LogP contribution in [-0.2, 0) is 27.2 Å². The number of hydrogen-bond acceptors (Lipinski definition) is 4.